The maximum atomic E-state index is 12.6. The highest BCUT2D eigenvalue weighted by atomic mass is 35.5. The molecule has 1 aromatic rings. The molecule has 0 saturated carbocycles. The molecule has 1 aromatic carbocycles. The average molecular weight is 458 g/mol. The number of allylic oxidation sites excluding steroid dienone is 2. The fourth-order valence-electron chi connectivity index (χ4n) is 4.94. The van der Waals surface area contributed by atoms with Gasteiger partial charge in [0.2, 0.25) is 5.96 Å². The van der Waals surface area contributed by atoms with E-state index < -0.39 is 18.2 Å². The molecule has 2 saturated heterocycles. The normalized spacial score (nSPS) is 25.9. The van der Waals surface area contributed by atoms with E-state index in [9.17, 15) is 9.59 Å². The van der Waals surface area contributed by atoms with Crippen molar-refractivity contribution in [2.24, 2.45) is 4.99 Å². The monoisotopic (exact) mass is 457 g/mol. The lowest BCUT2D eigenvalue weighted by Gasteiger charge is -2.37. The number of rotatable bonds is 4. The van der Waals surface area contributed by atoms with Crippen molar-refractivity contribution >= 4 is 35.2 Å². The van der Waals surface area contributed by atoms with Gasteiger partial charge in [0.05, 0.1) is 0 Å². The average Bonchev–Trinajstić information content (AvgIpc) is 3.27. The van der Waals surface area contributed by atoms with E-state index in [1.54, 1.807) is 7.05 Å². The second-order valence-corrected chi connectivity index (χ2v) is 9.13. The van der Waals surface area contributed by atoms with E-state index >= 15 is 0 Å². The number of benzene rings is 1. The number of urea groups is 1. The first-order chi connectivity index (χ1) is 15.3. The minimum Gasteiger partial charge on any atom is -0.369 e. The number of carbonyl (C=O) groups is 2. The van der Waals surface area contributed by atoms with Crippen LogP contribution >= 0.6 is 11.6 Å². The largest absolute Gasteiger partial charge is 0.369 e. The SMILES string of the molecule is CC1=C(C)N2C(=NC3C2C(=O)NC(=O)N3C)N1CCN1CCN(c2cccc(Cl)c2)CC1. The Morgan fingerprint density at radius 1 is 1.09 bits per heavy atom. The van der Waals surface area contributed by atoms with E-state index in [1.165, 1.54) is 10.6 Å². The summed E-state index contributed by atoms with van der Waals surface area (Å²) in [5, 5.41) is 3.20. The fourth-order valence-corrected chi connectivity index (χ4v) is 5.12. The zero-order valence-electron chi connectivity index (χ0n) is 18.6. The van der Waals surface area contributed by atoms with Crippen molar-refractivity contribution in [2.45, 2.75) is 26.1 Å². The molecule has 0 aromatic heterocycles. The molecule has 3 amide bonds. The maximum absolute atomic E-state index is 12.6. The number of halogens is 1. The molecular weight excluding hydrogens is 430 g/mol. The maximum Gasteiger partial charge on any atom is 0.325 e. The minimum atomic E-state index is -0.506. The van der Waals surface area contributed by atoms with Crippen molar-refractivity contribution in [3.8, 4) is 0 Å². The Morgan fingerprint density at radius 2 is 1.84 bits per heavy atom. The second kappa shape index (κ2) is 7.97. The van der Waals surface area contributed by atoms with Crippen LogP contribution in [0, 0.1) is 0 Å². The molecule has 4 aliphatic heterocycles. The molecule has 32 heavy (non-hydrogen) atoms. The van der Waals surface area contributed by atoms with Gasteiger partial charge < -0.3 is 14.7 Å². The van der Waals surface area contributed by atoms with Crippen LogP contribution in [-0.4, -0.2) is 96.0 Å². The highest BCUT2D eigenvalue weighted by Crippen LogP contribution is 2.36. The molecule has 4 aliphatic rings. The lowest BCUT2D eigenvalue weighted by Crippen LogP contribution is -2.63. The van der Waals surface area contributed by atoms with Gasteiger partial charge in [-0.2, -0.15) is 0 Å². The predicted molar refractivity (Wildman–Crippen MR) is 123 cm³/mol. The summed E-state index contributed by atoms with van der Waals surface area (Å²) in [5.74, 6) is 0.479. The van der Waals surface area contributed by atoms with Crippen LogP contribution in [0.2, 0.25) is 5.02 Å². The summed E-state index contributed by atoms with van der Waals surface area (Å²) >= 11 is 6.15. The first-order valence-electron chi connectivity index (χ1n) is 11.0. The number of guanidine groups is 1. The molecule has 0 spiro atoms. The number of anilines is 1. The molecule has 9 nitrogen and oxygen atoms in total. The van der Waals surface area contributed by atoms with Crippen molar-refractivity contribution in [3.63, 3.8) is 0 Å². The standard InChI is InChI=1S/C22H28ClN7O2/c1-14-15(2)30-18-19(26(3)22(32)25-20(18)31)24-21(30)29(14)12-9-27-7-10-28(11-8-27)17-6-4-5-16(23)13-17/h4-6,13,18-19H,7-12H2,1-3H3,(H,25,31,32). The molecule has 2 fully saturated rings. The van der Waals surface area contributed by atoms with Gasteiger partial charge in [-0.1, -0.05) is 17.7 Å². The van der Waals surface area contributed by atoms with E-state index in [1.807, 2.05) is 30.0 Å². The highest BCUT2D eigenvalue weighted by molar-refractivity contribution is 6.30. The summed E-state index contributed by atoms with van der Waals surface area (Å²) in [6, 6.07) is 7.11. The van der Waals surface area contributed by atoms with Gasteiger partial charge in [0.25, 0.3) is 5.91 Å². The molecule has 4 heterocycles. The topological polar surface area (TPSA) is 74.7 Å². The third kappa shape index (κ3) is 3.40. The highest BCUT2D eigenvalue weighted by Gasteiger charge is 2.53. The molecule has 0 bridgehead atoms. The number of nitrogens with zero attached hydrogens (tertiary/aromatic N) is 6. The van der Waals surface area contributed by atoms with Crippen LogP contribution < -0.4 is 10.2 Å². The molecule has 0 aliphatic carbocycles. The summed E-state index contributed by atoms with van der Waals surface area (Å²) in [7, 11) is 1.68. The lowest BCUT2D eigenvalue weighted by atomic mass is 10.1. The van der Waals surface area contributed by atoms with E-state index in [0.717, 1.165) is 61.6 Å². The van der Waals surface area contributed by atoms with Crippen LogP contribution in [0.4, 0.5) is 10.5 Å². The summed E-state index contributed by atoms with van der Waals surface area (Å²) in [6.07, 6.45) is -0.488. The van der Waals surface area contributed by atoms with Crippen molar-refractivity contribution in [1.29, 1.82) is 0 Å². The lowest BCUT2D eigenvalue weighted by molar-refractivity contribution is -0.126. The van der Waals surface area contributed by atoms with Crippen LogP contribution in [0.15, 0.2) is 40.7 Å². The predicted octanol–water partition coefficient (Wildman–Crippen LogP) is 1.58. The van der Waals surface area contributed by atoms with E-state index in [0.29, 0.717) is 0 Å². The number of imide groups is 1. The van der Waals surface area contributed by atoms with Gasteiger partial charge in [-0.05, 0) is 32.0 Å². The molecule has 10 heteroatoms. The van der Waals surface area contributed by atoms with E-state index in [-0.39, 0.29) is 5.91 Å². The fraction of sp³-hybridized carbons (Fsp3) is 0.500. The summed E-state index contributed by atoms with van der Waals surface area (Å²) in [6.45, 7) is 9.63. The van der Waals surface area contributed by atoms with Crippen LogP contribution in [0.25, 0.3) is 0 Å². The Labute approximate surface area is 192 Å². The Kier molecular flexibility index (Phi) is 5.25. The van der Waals surface area contributed by atoms with Crippen molar-refractivity contribution < 1.29 is 9.59 Å². The molecule has 1 N–H and O–H groups in total. The minimum absolute atomic E-state index is 0.289. The summed E-state index contributed by atoms with van der Waals surface area (Å²) < 4.78 is 0. The van der Waals surface area contributed by atoms with Crippen LogP contribution in [0.3, 0.4) is 0 Å². The van der Waals surface area contributed by atoms with Gasteiger partial charge in [0.1, 0.15) is 0 Å². The van der Waals surface area contributed by atoms with Gasteiger partial charge in [0.15, 0.2) is 12.2 Å². The third-order valence-corrected chi connectivity index (χ3v) is 7.19. The number of hydrogen-bond acceptors (Lipinski definition) is 7. The number of carbonyl (C=O) groups excluding carboxylic acids is 2. The van der Waals surface area contributed by atoms with Crippen molar-refractivity contribution in [1.82, 2.24) is 24.9 Å². The molecular formula is C22H28ClN7O2. The van der Waals surface area contributed by atoms with Gasteiger partial charge in [0, 0.05) is 68.4 Å². The van der Waals surface area contributed by atoms with Crippen LogP contribution in [0.5, 0.6) is 0 Å². The molecule has 2 atom stereocenters. The smallest absolute Gasteiger partial charge is 0.325 e. The number of amides is 3. The molecule has 5 rings (SSSR count). The first kappa shape index (κ1) is 21.1. The van der Waals surface area contributed by atoms with Gasteiger partial charge in [-0.3, -0.25) is 19.9 Å². The van der Waals surface area contributed by atoms with Crippen LogP contribution in [-0.2, 0) is 4.79 Å². The molecule has 170 valence electrons. The summed E-state index contributed by atoms with van der Waals surface area (Å²) in [5.41, 5.74) is 3.29. The number of piperazine rings is 1. The number of hydrogen-bond donors (Lipinski definition) is 1. The first-order valence-corrected chi connectivity index (χ1v) is 11.4. The Bertz CT molecular complexity index is 1020. The summed E-state index contributed by atoms with van der Waals surface area (Å²) in [4.78, 5) is 39.9. The Hall–Kier alpha value is -2.78. The van der Waals surface area contributed by atoms with Gasteiger partial charge in [-0.25, -0.2) is 9.79 Å². The van der Waals surface area contributed by atoms with Gasteiger partial charge >= 0.3 is 6.03 Å². The zero-order valence-corrected chi connectivity index (χ0v) is 19.3. The number of nitrogens with one attached hydrogen (secondary N) is 1. The van der Waals surface area contributed by atoms with Crippen LogP contribution in [0.1, 0.15) is 13.8 Å². The number of likely N-dealkylation sites (N-methyl/N-ethyl adjacent to an activating group) is 1. The third-order valence-electron chi connectivity index (χ3n) is 6.96. The van der Waals surface area contributed by atoms with E-state index in [2.05, 4.69) is 33.0 Å². The van der Waals surface area contributed by atoms with E-state index in [4.69, 9.17) is 16.6 Å². The zero-order chi connectivity index (χ0) is 22.6. The quantitative estimate of drug-likeness (QED) is 0.740. The van der Waals surface area contributed by atoms with Gasteiger partial charge in [-0.15, -0.1) is 0 Å². The van der Waals surface area contributed by atoms with Crippen molar-refractivity contribution in [2.75, 3.05) is 51.2 Å². The van der Waals surface area contributed by atoms with Crippen molar-refractivity contribution in [3.05, 3.63) is 40.7 Å². The molecule has 2 unspecified atom stereocenters. The molecule has 0 radical (unpaired) electrons. The Balaban J connectivity index is 1.24. The second-order valence-electron chi connectivity index (χ2n) is 8.69. The Morgan fingerprint density at radius 3 is 2.56 bits per heavy atom. The number of aliphatic imine (C=N–C) groups is 1. The number of fused-ring (bicyclic) bond motifs is 3.